The van der Waals surface area contributed by atoms with Gasteiger partial charge in [0.1, 0.15) is 11.0 Å². The van der Waals surface area contributed by atoms with Crippen molar-refractivity contribution in [2.75, 3.05) is 0 Å². The molecule has 0 radical (unpaired) electrons. The van der Waals surface area contributed by atoms with E-state index >= 15 is 0 Å². The van der Waals surface area contributed by atoms with Crippen molar-refractivity contribution in [3.63, 3.8) is 0 Å². The SMILES string of the molecule is NS(=O)c1cccc(-c2cnccn2)c1. The molecule has 1 heterocycles. The second-order valence-corrected chi connectivity index (χ2v) is 3.98. The van der Waals surface area contributed by atoms with Gasteiger partial charge in [-0.25, -0.2) is 9.35 Å². The minimum absolute atomic E-state index is 0.582. The first-order valence-corrected chi connectivity index (χ1v) is 5.51. The zero-order chi connectivity index (χ0) is 10.7. The van der Waals surface area contributed by atoms with Gasteiger partial charge in [0.05, 0.1) is 16.8 Å². The van der Waals surface area contributed by atoms with Crippen LogP contribution in [0.15, 0.2) is 47.8 Å². The molecule has 0 spiro atoms. The molecule has 76 valence electrons. The van der Waals surface area contributed by atoms with Gasteiger partial charge in [-0.3, -0.25) is 9.97 Å². The maximum absolute atomic E-state index is 11.1. The van der Waals surface area contributed by atoms with Crippen molar-refractivity contribution in [1.82, 2.24) is 9.97 Å². The summed E-state index contributed by atoms with van der Waals surface area (Å²) < 4.78 is 11.1. The lowest BCUT2D eigenvalue weighted by molar-refractivity contribution is 0.684. The van der Waals surface area contributed by atoms with E-state index in [-0.39, 0.29) is 0 Å². The Morgan fingerprint density at radius 3 is 2.80 bits per heavy atom. The Kier molecular flexibility index (Phi) is 2.84. The number of aromatic nitrogens is 2. The first kappa shape index (κ1) is 9.95. The fourth-order valence-electron chi connectivity index (χ4n) is 1.23. The molecular weight excluding hydrogens is 210 g/mol. The van der Waals surface area contributed by atoms with Crippen molar-refractivity contribution < 1.29 is 4.21 Å². The third-order valence-electron chi connectivity index (χ3n) is 1.93. The van der Waals surface area contributed by atoms with E-state index in [2.05, 4.69) is 9.97 Å². The van der Waals surface area contributed by atoms with Gasteiger partial charge in [0.2, 0.25) is 0 Å². The molecule has 0 aliphatic carbocycles. The van der Waals surface area contributed by atoms with E-state index in [9.17, 15) is 4.21 Å². The van der Waals surface area contributed by atoms with Crippen LogP contribution in [0.4, 0.5) is 0 Å². The molecule has 0 bridgehead atoms. The molecule has 0 aliphatic heterocycles. The van der Waals surface area contributed by atoms with Crippen LogP contribution in [0, 0.1) is 0 Å². The van der Waals surface area contributed by atoms with Crippen molar-refractivity contribution in [2.45, 2.75) is 4.90 Å². The van der Waals surface area contributed by atoms with Crippen LogP contribution in [0.3, 0.4) is 0 Å². The highest BCUT2D eigenvalue weighted by Gasteiger charge is 2.02. The van der Waals surface area contributed by atoms with E-state index in [1.54, 1.807) is 36.8 Å². The normalized spacial score (nSPS) is 12.3. The van der Waals surface area contributed by atoms with Gasteiger partial charge in [0.15, 0.2) is 0 Å². The van der Waals surface area contributed by atoms with E-state index < -0.39 is 11.0 Å². The summed E-state index contributed by atoms with van der Waals surface area (Å²) in [6.07, 6.45) is 4.87. The highest BCUT2D eigenvalue weighted by atomic mass is 32.2. The topological polar surface area (TPSA) is 68.9 Å². The van der Waals surface area contributed by atoms with Crippen LogP contribution in [-0.2, 0) is 11.0 Å². The summed E-state index contributed by atoms with van der Waals surface area (Å²) in [6, 6.07) is 7.14. The molecule has 15 heavy (non-hydrogen) atoms. The Labute approximate surface area is 89.8 Å². The minimum atomic E-state index is -1.46. The molecule has 1 unspecified atom stereocenters. The minimum Gasteiger partial charge on any atom is -0.261 e. The zero-order valence-corrected chi connectivity index (χ0v) is 8.65. The lowest BCUT2D eigenvalue weighted by atomic mass is 10.2. The van der Waals surface area contributed by atoms with Gasteiger partial charge >= 0.3 is 0 Å². The molecule has 4 nitrogen and oxygen atoms in total. The van der Waals surface area contributed by atoms with Crippen LogP contribution in [0.2, 0.25) is 0 Å². The quantitative estimate of drug-likeness (QED) is 0.823. The van der Waals surface area contributed by atoms with Crippen molar-refractivity contribution in [1.29, 1.82) is 0 Å². The largest absolute Gasteiger partial charge is 0.261 e. The van der Waals surface area contributed by atoms with Crippen LogP contribution in [-0.4, -0.2) is 14.2 Å². The summed E-state index contributed by atoms with van der Waals surface area (Å²) in [7, 11) is -1.46. The molecule has 0 amide bonds. The van der Waals surface area contributed by atoms with Gasteiger partial charge in [-0.1, -0.05) is 12.1 Å². The van der Waals surface area contributed by atoms with Crippen molar-refractivity contribution >= 4 is 11.0 Å². The van der Waals surface area contributed by atoms with Crippen LogP contribution in [0.5, 0.6) is 0 Å². The van der Waals surface area contributed by atoms with E-state index in [0.29, 0.717) is 4.90 Å². The van der Waals surface area contributed by atoms with Gasteiger partial charge in [-0.05, 0) is 12.1 Å². The molecule has 5 heteroatoms. The number of nitrogens with two attached hydrogens (primary N) is 1. The molecule has 1 aromatic heterocycles. The van der Waals surface area contributed by atoms with E-state index in [1.165, 1.54) is 0 Å². The lowest BCUT2D eigenvalue weighted by Gasteiger charge is -2.01. The first-order valence-electron chi connectivity index (χ1n) is 4.30. The number of hydrogen-bond donors (Lipinski definition) is 1. The Morgan fingerprint density at radius 1 is 1.27 bits per heavy atom. The second-order valence-electron chi connectivity index (χ2n) is 2.92. The van der Waals surface area contributed by atoms with Crippen LogP contribution >= 0.6 is 0 Å². The Hall–Kier alpha value is -1.59. The number of nitrogens with zero attached hydrogens (tertiary/aromatic N) is 2. The smallest absolute Gasteiger partial charge is 0.122 e. The Morgan fingerprint density at radius 2 is 2.13 bits per heavy atom. The Bertz CT molecular complexity index is 487. The number of rotatable bonds is 2. The van der Waals surface area contributed by atoms with Crippen LogP contribution < -0.4 is 5.14 Å². The standard InChI is InChI=1S/C10H9N3OS/c11-15(14)9-3-1-2-8(6-9)10-7-12-4-5-13-10/h1-7H,11H2. The summed E-state index contributed by atoms with van der Waals surface area (Å²) in [5.74, 6) is 0. The molecule has 0 saturated carbocycles. The molecular formula is C10H9N3OS. The van der Waals surface area contributed by atoms with Crippen molar-refractivity contribution in [2.24, 2.45) is 5.14 Å². The fraction of sp³-hybridized carbons (Fsp3) is 0. The third kappa shape index (κ3) is 2.26. The van der Waals surface area contributed by atoms with E-state index in [0.717, 1.165) is 11.3 Å². The van der Waals surface area contributed by atoms with Crippen LogP contribution in [0.25, 0.3) is 11.3 Å². The van der Waals surface area contributed by atoms with E-state index in [4.69, 9.17) is 5.14 Å². The molecule has 0 aliphatic rings. The monoisotopic (exact) mass is 219 g/mol. The Balaban J connectivity index is 2.46. The maximum Gasteiger partial charge on any atom is 0.122 e. The van der Waals surface area contributed by atoms with Crippen LogP contribution in [0.1, 0.15) is 0 Å². The van der Waals surface area contributed by atoms with Gasteiger partial charge in [0.25, 0.3) is 0 Å². The second kappa shape index (κ2) is 4.29. The predicted molar refractivity (Wildman–Crippen MR) is 58.1 cm³/mol. The molecule has 1 aromatic carbocycles. The molecule has 2 N–H and O–H groups in total. The summed E-state index contributed by atoms with van der Waals surface area (Å²) in [5, 5.41) is 5.30. The predicted octanol–water partition coefficient (Wildman–Crippen LogP) is 1.12. The first-order chi connectivity index (χ1) is 7.27. The summed E-state index contributed by atoms with van der Waals surface area (Å²) in [5.41, 5.74) is 1.60. The number of hydrogen-bond acceptors (Lipinski definition) is 3. The third-order valence-corrected chi connectivity index (χ3v) is 2.64. The average molecular weight is 219 g/mol. The van der Waals surface area contributed by atoms with Crippen molar-refractivity contribution in [3.8, 4) is 11.3 Å². The summed E-state index contributed by atoms with van der Waals surface area (Å²) >= 11 is 0. The molecule has 1 atom stereocenters. The highest BCUT2D eigenvalue weighted by Crippen LogP contribution is 2.17. The van der Waals surface area contributed by atoms with Gasteiger partial charge < -0.3 is 0 Å². The molecule has 0 fully saturated rings. The fourth-order valence-corrected chi connectivity index (χ4v) is 1.68. The van der Waals surface area contributed by atoms with Crippen molar-refractivity contribution in [3.05, 3.63) is 42.9 Å². The summed E-state index contributed by atoms with van der Waals surface area (Å²) in [4.78, 5) is 8.69. The molecule has 2 rings (SSSR count). The average Bonchev–Trinajstić information content (AvgIpc) is 2.30. The molecule has 2 aromatic rings. The molecule has 0 saturated heterocycles. The summed E-state index contributed by atoms with van der Waals surface area (Å²) in [6.45, 7) is 0. The van der Waals surface area contributed by atoms with Gasteiger partial charge in [0, 0.05) is 18.0 Å². The number of benzene rings is 1. The van der Waals surface area contributed by atoms with Gasteiger partial charge in [-0.2, -0.15) is 0 Å². The lowest BCUT2D eigenvalue weighted by Crippen LogP contribution is -2.02. The maximum atomic E-state index is 11.1. The van der Waals surface area contributed by atoms with E-state index in [1.807, 2.05) is 6.07 Å². The zero-order valence-electron chi connectivity index (χ0n) is 7.83. The van der Waals surface area contributed by atoms with Gasteiger partial charge in [-0.15, -0.1) is 0 Å². The highest BCUT2D eigenvalue weighted by molar-refractivity contribution is 7.82.